The van der Waals surface area contributed by atoms with Gasteiger partial charge in [0.15, 0.2) is 5.82 Å². The summed E-state index contributed by atoms with van der Waals surface area (Å²) in [5.74, 6) is 0.795. The maximum absolute atomic E-state index is 12.3. The SMILES string of the molecule is COC(=O)c1cc(OCCCN2CCCCC2)c2[nH]c3nc(-c4cc(C)nn4C)ncc3c2c1. The molecule has 0 radical (unpaired) electrons. The lowest BCUT2D eigenvalue weighted by atomic mass is 10.1. The van der Waals surface area contributed by atoms with Crippen LogP contribution in [-0.4, -0.2) is 69.0 Å². The molecule has 3 aromatic heterocycles. The predicted octanol–water partition coefficient (Wildman–Crippen LogP) is 3.86. The first-order valence-electron chi connectivity index (χ1n) is 11.8. The van der Waals surface area contributed by atoms with E-state index in [4.69, 9.17) is 14.5 Å². The number of ether oxygens (including phenoxy) is 2. The van der Waals surface area contributed by atoms with Crippen molar-refractivity contribution in [2.45, 2.75) is 32.6 Å². The average Bonchev–Trinajstić information content (AvgIpc) is 3.40. The van der Waals surface area contributed by atoms with Crippen LogP contribution in [0.25, 0.3) is 33.5 Å². The summed E-state index contributed by atoms with van der Waals surface area (Å²) in [4.78, 5) is 27.5. The lowest BCUT2D eigenvalue weighted by molar-refractivity contribution is 0.0600. The largest absolute Gasteiger partial charge is 0.491 e. The molecule has 178 valence electrons. The summed E-state index contributed by atoms with van der Waals surface area (Å²) in [5.41, 5.74) is 3.66. The monoisotopic (exact) mass is 462 g/mol. The number of piperidine rings is 1. The number of H-pyrrole nitrogens is 1. The van der Waals surface area contributed by atoms with Crippen molar-refractivity contribution in [2.75, 3.05) is 33.4 Å². The molecular formula is C25H30N6O3. The molecule has 0 saturated carbocycles. The number of rotatable bonds is 7. The van der Waals surface area contributed by atoms with Gasteiger partial charge in [0.2, 0.25) is 0 Å². The first kappa shape index (κ1) is 22.3. The Hall–Kier alpha value is -3.46. The average molecular weight is 463 g/mol. The first-order chi connectivity index (χ1) is 16.5. The van der Waals surface area contributed by atoms with Crippen LogP contribution in [0.4, 0.5) is 0 Å². The number of aromatic amines is 1. The number of aromatic nitrogens is 5. The maximum atomic E-state index is 12.3. The minimum Gasteiger partial charge on any atom is -0.491 e. The van der Waals surface area contributed by atoms with Crippen LogP contribution >= 0.6 is 0 Å². The topological polar surface area (TPSA) is 98.2 Å². The van der Waals surface area contributed by atoms with Crippen LogP contribution in [0.3, 0.4) is 0 Å². The van der Waals surface area contributed by atoms with E-state index in [2.05, 4.69) is 20.0 Å². The number of hydrogen-bond acceptors (Lipinski definition) is 7. The third-order valence-electron chi connectivity index (χ3n) is 6.40. The molecule has 0 bridgehead atoms. The lowest BCUT2D eigenvalue weighted by Crippen LogP contribution is -2.31. The zero-order chi connectivity index (χ0) is 23.7. The van der Waals surface area contributed by atoms with Gasteiger partial charge in [-0.25, -0.2) is 14.8 Å². The minimum absolute atomic E-state index is 0.405. The van der Waals surface area contributed by atoms with Crippen molar-refractivity contribution in [3.05, 3.63) is 35.7 Å². The number of methoxy groups -OCH3 is 1. The molecule has 5 rings (SSSR count). The van der Waals surface area contributed by atoms with Gasteiger partial charge >= 0.3 is 5.97 Å². The molecule has 1 fully saturated rings. The molecule has 1 aliphatic heterocycles. The van der Waals surface area contributed by atoms with Crippen LogP contribution in [0.5, 0.6) is 5.75 Å². The number of likely N-dealkylation sites (tertiary alicyclic amines) is 1. The van der Waals surface area contributed by atoms with Crippen LogP contribution in [0.15, 0.2) is 24.4 Å². The van der Waals surface area contributed by atoms with E-state index in [0.717, 1.165) is 40.6 Å². The number of benzene rings is 1. The quantitative estimate of drug-likeness (QED) is 0.329. The van der Waals surface area contributed by atoms with Crippen LogP contribution in [0.1, 0.15) is 41.7 Å². The van der Waals surface area contributed by atoms with Gasteiger partial charge in [-0.3, -0.25) is 4.68 Å². The fraction of sp³-hybridized carbons (Fsp3) is 0.440. The molecule has 34 heavy (non-hydrogen) atoms. The number of nitrogens with zero attached hydrogens (tertiary/aromatic N) is 5. The van der Waals surface area contributed by atoms with Crippen molar-refractivity contribution in [1.82, 2.24) is 29.6 Å². The Bertz CT molecular complexity index is 1340. The van der Waals surface area contributed by atoms with E-state index in [0.29, 0.717) is 29.4 Å². The number of nitrogens with one attached hydrogen (secondary N) is 1. The number of hydrogen-bond donors (Lipinski definition) is 1. The van der Waals surface area contributed by atoms with Crippen LogP contribution in [-0.2, 0) is 11.8 Å². The van der Waals surface area contributed by atoms with Crippen molar-refractivity contribution in [3.8, 4) is 17.3 Å². The second-order valence-electron chi connectivity index (χ2n) is 8.87. The second kappa shape index (κ2) is 9.42. The molecule has 0 spiro atoms. The van der Waals surface area contributed by atoms with E-state index < -0.39 is 5.97 Å². The van der Waals surface area contributed by atoms with Gasteiger partial charge in [-0.1, -0.05) is 6.42 Å². The molecule has 0 atom stereocenters. The van der Waals surface area contributed by atoms with E-state index in [1.165, 1.54) is 39.5 Å². The van der Waals surface area contributed by atoms with Crippen LogP contribution < -0.4 is 4.74 Å². The van der Waals surface area contributed by atoms with Crippen LogP contribution in [0, 0.1) is 6.92 Å². The molecule has 1 N–H and O–H groups in total. The lowest BCUT2D eigenvalue weighted by Gasteiger charge is -2.26. The number of esters is 1. The number of carbonyl (C=O) groups is 1. The Labute approximate surface area is 198 Å². The Morgan fingerprint density at radius 3 is 2.71 bits per heavy atom. The Morgan fingerprint density at radius 2 is 1.97 bits per heavy atom. The van der Waals surface area contributed by atoms with Gasteiger partial charge in [0.1, 0.15) is 17.1 Å². The third kappa shape index (κ3) is 4.35. The number of aryl methyl sites for hydroxylation is 2. The smallest absolute Gasteiger partial charge is 0.338 e. The highest BCUT2D eigenvalue weighted by Gasteiger charge is 2.18. The van der Waals surface area contributed by atoms with Gasteiger partial charge in [-0.15, -0.1) is 0 Å². The highest BCUT2D eigenvalue weighted by molar-refractivity contribution is 6.10. The molecule has 1 aromatic carbocycles. The fourth-order valence-corrected chi connectivity index (χ4v) is 4.70. The van der Waals surface area contributed by atoms with Crippen LogP contribution in [0.2, 0.25) is 0 Å². The molecule has 9 nitrogen and oxygen atoms in total. The van der Waals surface area contributed by atoms with Crippen molar-refractivity contribution in [1.29, 1.82) is 0 Å². The Kier molecular flexibility index (Phi) is 6.19. The fourth-order valence-electron chi connectivity index (χ4n) is 4.70. The van der Waals surface area contributed by atoms with E-state index >= 15 is 0 Å². The van der Waals surface area contributed by atoms with Crippen molar-refractivity contribution in [2.24, 2.45) is 7.05 Å². The van der Waals surface area contributed by atoms with Crippen molar-refractivity contribution >= 4 is 27.9 Å². The molecular weight excluding hydrogens is 432 g/mol. The third-order valence-corrected chi connectivity index (χ3v) is 6.40. The van der Waals surface area contributed by atoms with Gasteiger partial charge in [0.25, 0.3) is 0 Å². The number of carbonyl (C=O) groups excluding carboxylic acids is 1. The normalized spacial score (nSPS) is 14.7. The van der Waals surface area contributed by atoms with E-state index in [1.54, 1.807) is 23.0 Å². The maximum Gasteiger partial charge on any atom is 0.338 e. The summed E-state index contributed by atoms with van der Waals surface area (Å²) < 4.78 is 12.9. The molecule has 9 heteroatoms. The van der Waals surface area contributed by atoms with E-state index in [1.807, 2.05) is 20.0 Å². The minimum atomic E-state index is -0.405. The van der Waals surface area contributed by atoms with Gasteiger partial charge in [-0.05, 0) is 57.5 Å². The molecule has 1 aliphatic rings. The van der Waals surface area contributed by atoms with E-state index in [-0.39, 0.29) is 0 Å². The summed E-state index contributed by atoms with van der Waals surface area (Å²) in [7, 11) is 3.26. The summed E-state index contributed by atoms with van der Waals surface area (Å²) in [6.07, 6.45) is 6.59. The highest BCUT2D eigenvalue weighted by atomic mass is 16.5. The summed E-state index contributed by atoms with van der Waals surface area (Å²) in [6.45, 7) is 5.86. The summed E-state index contributed by atoms with van der Waals surface area (Å²) in [5, 5.41) is 6.04. The summed E-state index contributed by atoms with van der Waals surface area (Å²) >= 11 is 0. The van der Waals surface area contributed by atoms with Gasteiger partial charge in [-0.2, -0.15) is 5.10 Å². The second-order valence-corrected chi connectivity index (χ2v) is 8.87. The number of fused-ring (bicyclic) bond motifs is 3. The van der Waals surface area contributed by atoms with E-state index in [9.17, 15) is 4.79 Å². The van der Waals surface area contributed by atoms with Gasteiger partial charge in [0, 0.05) is 30.6 Å². The van der Waals surface area contributed by atoms with Gasteiger partial charge in [0.05, 0.1) is 30.5 Å². The molecule has 4 heterocycles. The Balaban J connectivity index is 1.47. The molecule has 0 amide bonds. The molecule has 0 aliphatic carbocycles. The zero-order valence-corrected chi connectivity index (χ0v) is 19.9. The predicted molar refractivity (Wildman–Crippen MR) is 130 cm³/mol. The van der Waals surface area contributed by atoms with Crippen molar-refractivity contribution < 1.29 is 14.3 Å². The molecule has 4 aromatic rings. The molecule has 1 saturated heterocycles. The van der Waals surface area contributed by atoms with Gasteiger partial charge < -0.3 is 19.4 Å². The standard InChI is InChI=1S/C25H30N6O3/c1-16-12-20(30(2)29-16)24-26-15-19-18-13-17(25(32)33-3)14-21(22(18)27-23(19)28-24)34-11-7-10-31-8-5-4-6-9-31/h12-15H,4-11H2,1-3H3,(H,26,27,28). The molecule has 0 unspecified atom stereocenters. The first-order valence-corrected chi connectivity index (χ1v) is 11.8. The zero-order valence-electron chi connectivity index (χ0n) is 19.9. The van der Waals surface area contributed by atoms with Crippen molar-refractivity contribution in [3.63, 3.8) is 0 Å². The summed E-state index contributed by atoms with van der Waals surface area (Å²) in [6, 6.07) is 5.50. The Morgan fingerprint density at radius 1 is 1.15 bits per heavy atom. The highest BCUT2D eigenvalue weighted by Crippen LogP contribution is 2.33.